The van der Waals surface area contributed by atoms with Crippen LogP contribution in [0, 0.1) is 0 Å². The molecule has 0 aromatic carbocycles. The normalized spacial score (nSPS) is 28.5. The van der Waals surface area contributed by atoms with Gasteiger partial charge in [-0.25, -0.2) is 0 Å². The van der Waals surface area contributed by atoms with Gasteiger partial charge in [0.1, 0.15) is 5.78 Å². The maximum Gasteiger partial charge on any atom is 0.146 e. The van der Waals surface area contributed by atoms with Crippen molar-refractivity contribution in [2.45, 2.75) is 38.1 Å². The first-order valence-corrected chi connectivity index (χ1v) is 4.62. The topological polar surface area (TPSA) is 103 Å². The third-order valence-corrected chi connectivity index (χ3v) is 2.20. The molecular weight excluding hydrogens is 168 g/mol. The lowest BCUT2D eigenvalue weighted by molar-refractivity contribution is -0.118. The Bertz CT molecular complexity index is 185. The van der Waals surface area contributed by atoms with Crippen molar-refractivity contribution >= 4 is 5.78 Å². The fourth-order valence-corrected chi connectivity index (χ4v) is 1.12. The highest BCUT2D eigenvalue weighted by Gasteiger charge is 2.30. The van der Waals surface area contributed by atoms with E-state index in [1.807, 2.05) is 0 Å². The van der Waals surface area contributed by atoms with E-state index >= 15 is 0 Å². The van der Waals surface area contributed by atoms with Crippen molar-refractivity contribution in [2.24, 2.45) is 11.5 Å². The Morgan fingerprint density at radius 3 is 2.77 bits per heavy atom. The predicted molar refractivity (Wildman–Crippen MR) is 50.8 cm³/mol. The molecule has 0 saturated carbocycles. The Balaban J connectivity index is 1.92. The van der Waals surface area contributed by atoms with Gasteiger partial charge in [-0.15, -0.1) is 0 Å². The first-order chi connectivity index (χ1) is 6.11. The molecule has 6 N–H and O–H groups in total. The molecule has 0 bridgehead atoms. The van der Waals surface area contributed by atoms with Crippen molar-refractivity contribution in [3.8, 4) is 0 Å². The zero-order chi connectivity index (χ0) is 9.84. The molecule has 1 aliphatic heterocycles. The lowest BCUT2D eigenvalue weighted by Crippen LogP contribution is -2.30. The van der Waals surface area contributed by atoms with Crippen molar-refractivity contribution < 1.29 is 4.79 Å². The Labute approximate surface area is 78.2 Å². The van der Waals surface area contributed by atoms with Gasteiger partial charge in [-0.2, -0.15) is 0 Å². The molecule has 0 spiro atoms. The Kier molecular flexibility index (Phi) is 3.80. The SMILES string of the molecule is CC(=O)[C@@H](N)CCCNC1NC1N. The van der Waals surface area contributed by atoms with Crippen LogP contribution in [0.3, 0.4) is 0 Å². The number of carbonyl (C=O) groups excluding carboxylic acids is 1. The minimum absolute atomic E-state index is 0.0567. The van der Waals surface area contributed by atoms with Gasteiger partial charge in [-0.05, 0) is 26.3 Å². The number of hydrogen-bond donors (Lipinski definition) is 4. The summed E-state index contributed by atoms with van der Waals surface area (Å²) < 4.78 is 0. The van der Waals surface area contributed by atoms with E-state index in [2.05, 4.69) is 10.6 Å². The zero-order valence-corrected chi connectivity index (χ0v) is 7.92. The zero-order valence-electron chi connectivity index (χ0n) is 7.92. The van der Waals surface area contributed by atoms with Crippen LogP contribution in [-0.2, 0) is 4.79 Å². The summed E-state index contributed by atoms with van der Waals surface area (Å²) in [5.74, 6) is 0.0567. The molecule has 2 unspecified atom stereocenters. The summed E-state index contributed by atoms with van der Waals surface area (Å²) in [7, 11) is 0. The van der Waals surface area contributed by atoms with E-state index in [0.717, 1.165) is 19.4 Å². The molecule has 1 rings (SSSR count). The Morgan fingerprint density at radius 2 is 2.31 bits per heavy atom. The summed E-state index contributed by atoms with van der Waals surface area (Å²) in [6, 6.07) is -0.303. The van der Waals surface area contributed by atoms with Crippen LogP contribution in [0.25, 0.3) is 0 Å². The average Bonchev–Trinajstić information content (AvgIpc) is 2.75. The maximum atomic E-state index is 10.8. The third kappa shape index (κ3) is 3.82. The molecule has 76 valence electrons. The quantitative estimate of drug-likeness (QED) is 0.298. The number of nitrogens with two attached hydrogens (primary N) is 2. The number of carbonyl (C=O) groups is 1. The maximum absolute atomic E-state index is 10.8. The Morgan fingerprint density at radius 1 is 1.69 bits per heavy atom. The van der Waals surface area contributed by atoms with Crippen LogP contribution >= 0.6 is 0 Å². The molecule has 0 aromatic rings. The summed E-state index contributed by atoms with van der Waals surface area (Å²) in [5, 5.41) is 6.21. The monoisotopic (exact) mass is 186 g/mol. The molecule has 1 fully saturated rings. The molecule has 0 radical (unpaired) electrons. The number of Topliss-reactive ketones (excluding diaryl/α,β-unsaturated/α-hetero) is 1. The number of ketones is 1. The second-order valence-corrected chi connectivity index (χ2v) is 3.48. The molecule has 0 aromatic heterocycles. The lowest BCUT2D eigenvalue weighted by Gasteiger charge is -2.07. The van der Waals surface area contributed by atoms with Crippen LogP contribution in [0.15, 0.2) is 0 Å². The Hall–Kier alpha value is -0.490. The number of hydrogen-bond acceptors (Lipinski definition) is 5. The van der Waals surface area contributed by atoms with Gasteiger partial charge in [0, 0.05) is 0 Å². The lowest BCUT2D eigenvalue weighted by atomic mass is 10.1. The first-order valence-electron chi connectivity index (χ1n) is 4.62. The van der Waals surface area contributed by atoms with Gasteiger partial charge in [0.15, 0.2) is 0 Å². The van der Waals surface area contributed by atoms with E-state index in [9.17, 15) is 4.79 Å². The molecule has 5 heteroatoms. The third-order valence-electron chi connectivity index (χ3n) is 2.20. The largest absolute Gasteiger partial charge is 0.322 e. The molecule has 13 heavy (non-hydrogen) atoms. The highest BCUT2D eigenvalue weighted by atomic mass is 16.1. The van der Waals surface area contributed by atoms with E-state index < -0.39 is 0 Å². The van der Waals surface area contributed by atoms with Crippen molar-refractivity contribution in [3.05, 3.63) is 0 Å². The second-order valence-electron chi connectivity index (χ2n) is 3.48. The summed E-state index contributed by atoms with van der Waals surface area (Å²) in [5.41, 5.74) is 11.1. The standard InChI is InChI=1S/C8H18N4O/c1-5(13)6(9)3-2-4-11-8-7(10)12-8/h6-8,11-12H,2-4,9-10H2,1H3/t6-,7?,8?/m0/s1. The van der Waals surface area contributed by atoms with E-state index in [1.165, 1.54) is 6.92 Å². The van der Waals surface area contributed by atoms with Gasteiger partial charge < -0.3 is 11.5 Å². The van der Waals surface area contributed by atoms with Gasteiger partial charge in [-0.3, -0.25) is 15.4 Å². The van der Waals surface area contributed by atoms with Crippen molar-refractivity contribution in [3.63, 3.8) is 0 Å². The van der Waals surface area contributed by atoms with Gasteiger partial charge >= 0.3 is 0 Å². The molecule has 0 aliphatic carbocycles. The van der Waals surface area contributed by atoms with E-state index in [4.69, 9.17) is 11.5 Å². The van der Waals surface area contributed by atoms with Crippen LogP contribution in [0.2, 0.25) is 0 Å². The van der Waals surface area contributed by atoms with Gasteiger partial charge in [-0.1, -0.05) is 0 Å². The summed E-state index contributed by atoms with van der Waals surface area (Å²) in [6.45, 7) is 2.38. The van der Waals surface area contributed by atoms with E-state index in [1.54, 1.807) is 0 Å². The number of nitrogens with one attached hydrogen (secondary N) is 2. The predicted octanol–water partition coefficient (Wildman–Crippen LogP) is -1.51. The van der Waals surface area contributed by atoms with Crippen LogP contribution in [0.1, 0.15) is 19.8 Å². The van der Waals surface area contributed by atoms with Gasteiger partial charge in [0.2, 0.25) is 0 Å². The molecule has 1 heterocycles. The number of rotatable bonds is 6. The minimum Gasteiger partial charge on any atom is -0.322 e. The first kappa shape index (κ1) is 10.6. The van der Waals surface area contributed by atoms with E-state index in [-0.39, 0.29) is 24.2 Å². The summed E-state index contributed by atoms with van der Waals surface area (Å²) in [4.78, 5) is 10.8. The van der Waals surface area contributed by atoms with Crippen LogP contribution in [0.5, 0.6) is 0 Å². The van der Waals surface area contributed by atoms with Crippen molar-refractivity contribution in [1.29, 1.82) is 0 Å². The minimum atomic E-state index is -0.303. The van der Waals surface area contributed by atoms with Gasteiger partial charge in [0.25, 0.3) is 0 Å². The van der Waals surface area contributed by atoms with Crippen molar-refractivity contribution in [1.82, 2.24) is 10.6 Å². The second kappa shape index (κ2) is 4.66. The molecular formula is C8H18N4O. The molecule has 3 atom stereocenters. The average molecular weight is 186 g/mol. The molecule has 5 nitrogen and oxygen atoms in total. The highest BCUT2D eigenvalue weighted by molar-refractivity contribution is 5.80. The fourth-order valence-electron chi connectivity index (χ4n) is 1.12. The molecule has 0 amide bonds. The van der Waals surface area contributed by atoms with Crippen molar-refractivity contribution in [2.75, 3.05) is 6.54 Å². The van der Waals surface area contributed by atoms with Crippen LogP contribution in [0.4, 0.5) is 0 Å². The summed E-state index contributed by atoms with van der Waals surface area (Å²) in [6.07, 6.45) is 2.01. The molecule has 1 saturated heterocycles. The van der Waals surface area contributed by atoms with Crippen LogP contribution < -0.4 is 22.1 Å². The fraction of sp³-hybridized carbons (Fsp3) is 0.875. The highest BCUT2D eigenvalue weighted by Crippen LogP contribution is 2.00. The van der Waals surface area contributed by atoms with Gasteiger partial charge in [0.05, 0.1) is 18.4 Å². The van der Waals surface area contributed by atoms with E-state index in [0.29, 0.717) is 0 Å². The van der Waals surface area contributed by atoms with Crippen LogP contribution in [-0.4, -0.2) is 30.7 Å². The summed E-state index contributed by atoms with van der Waals surface area (Å²) >= 11 is 0. The smallest absolute Gasteiger partial charge is 0.146 e. The molecule has 1 aliphatic rings.